The summed E-state index contributed by atoms with van der Waals surface area (Å²) in [5, 5.41) is 9.52. The molecule has 78 valence electrons. The van der Waals surface area contributed by atoms with Crippen LogP contribution in [0, 0.1) is 0 Å². The van der Waals surface area contributed by atoms with Crippen molar-refractivity contribution < 1.29 is 9.68 Å². The summed E-state index contributed by atoms with van der Waals surface area (Å²) in [6, 6.07) is 1.94. The Bertz CT molecular complexity index is 377. The van der Waals surface area contributed by atoms with Gasteiger partial charge in [0.25, 0.3) is 0 Å². The first-order valence-electron chi connectivity index (χ1n) is 5.02. The molecule has 1 heterocycles. The Balaban J connectivity index is 2.31. The topological polar surface area (TPSA) is 42.4 Å². The van der Waals surface area contributed by atoms with E-state index < -0.39 is 7.12 Å². The lowest BCUT2D eigenvalue weighted by molar-refractivity contribution is 0.341. The highest BCUT2D eigenvalue weighted by Crippen LogP contribution is 2.48. The number of hydrogen-bond acceptors (Lipinski definition) is 3. The van der Waals surface area contributed by atoms with Crippen LogP contribution in [0.2, 0.25) is 0 Å². The van der Waals surface area contributed by atoms with E-state index in [1.807, 2.05) is 18.3 Å². The predicted molar refractivity (Wildman–Crippen MR) is 60.0 cm³/mol. The van der Waals surface area contributed by atoms with Crippen molar-refractivity contribution in [3.05, 3.63) is 36.7 Å². The largest absolute Gasteiger partial charge is 0.492 e. The standard InChI is InChI=1S/C11H14BNO2/c1-3-11(4-5-11)9-6-10(8-13-7-9)12(14)15-2/h3,6-8,14H,1,4-5H2,2H3. The Morgan fingerprint density at radius 3 is 2.87 bits per heavy atom. The Hall–Kier alpha value is -1.13. The van der Waals surface area contributed by atoms with Crippen LogP contribution >= 0.6 is 0 Å². The van der Waals surface area contributed by atoms with E-state index in [1.165, 1.54) is 7.11 Å². The highest BCUT2D eigenvalue weighted by atomic mass is 16.5. The number of aromatic nitrogens is 1. The first kappa shape index (κ1) is 10.4. The normalized spacial score (nSPS) is 17.2. The van der Waals surface area contributed by atoms with E-state index in [0.29, 0.717) is 5.46 Å². The molecule has 15 heavy (non-hydrogen) atoms. The lowest BCUT2D eigenvalue weighted by atomic mass is 9.79. The minimum absolute atomic E-state index is 0.0937. The van der Waals surface area contributed by atoms with E-state index >= 15 is 0 Å². The second-order valence-electron chi connectivity index (χ2n) is 3.96. The summed E-state index contributed by atoms with van der Waals surface area (Å²) < 4.78 is 4.85. The van der Waals surface area contributed by atoms with E-state index in [9.17, 15) is 5.02 Å². The van der Waals surface area contributed by atoms with Crippen LogP contribution in [0.1, 0.15) is 18.4 Å². The molecule has 0 spiro atoms. The molecule has 0 aromatic carbocycles. The van der Waals surface area contributed by atoms with E-state index in [2.05, 4.69) is 11.6 Å². The van der Waals surface area contributed by atoms with Gasteiger partial charge in [0.2, 0.25) is 0 Å². The summed E-state index contributed by atoms with van der Waals surface area (Å²) in [4.78, 5) is 4.12. The van der Waals surface area contributed by atoms with Gasteiger partial charge in [-0.2, -0.15) is 0 Å². The first-order chi connectivity index (χ1) is 7.22. The number of allylic oxidation sites excluding steroid dienone is 1. The quantitative estimate of drug-likeness (QED) is 0.576. The molecule has 3 nitrogen and oxygen atoms in total. The third kappa shape index (κ3) is 1.83. The lowest BCUT2D eigenvalue weighted by Gasteiger charge is -2.11. The molecule has 1 aliphatic rings. The molecule has 4 heteroatoms. The van der Waals surface area contributed by atoms with Crippen LogP contribution in [0.4, 0.5) is 0 Å². The fourth-order valence-electron chi connectivity index (χ4n) is 1.75. The van der Waals surface area contributed by atoms with Crippen molar-refractivity contribution in [2.75, 3.05) is 7.11 Å². The highest BCUT2D eigenvalue weighted by Gasteiger charge is 2.41. The highest BCUT2D eigenvalue weighted by molar-refractivity contribution is 6.59. The predicted octanol–water partition coefficient (Wildman–Crippen LogP) is 0.633. The van der Waals surface area contributed by atoms with E-state index in [-0.39, 0.29) is 5.41 Å². The summed E-state index contributed by atoms with van der Waals surface area (Å²) >= 11 is 0. The van der Waals surface area contributed by atoms with Gasteiger partial charge in [-0.1, -0.05) is 12.1 Å². The summed E-state index contributed by atoms with van der Waals surface area (Å²) in [5.41, 5.74) is 1.91. The molecule has 0 saturated heterocycles. The summed E-state index contributed by atoms with van der Waals surface area (Å²) in [7, 11) is 0.579. The third-order valence-corrected chi connectivity index (χ3v) is 3.02. The van der Waals surface area contributed by atoms with Crippen molar-refractivity contribution >= 4 is 12.6 Å². The molecule has 0 aliphatic heterocycles. The molecule has 2 rings (SSSR count). The van der Waals surface area contributed by atoms with Crippen molar-refractivity contribution in [2.24, 2.45) is 0 Å². The molecule has 1 aromatic heterocycles. The van der Waals surface area contributed by atoms with Crippen LogP contribution in [-0.4, -0.2) is 24.2 Å². The van der Waals surface area contributed by atoms with Crippen LogP contribution in [0.3, 0.4) is 0 Å². The third-order valence-electron chi connectivity index (χ3n) is 3.02. The van der Waals surface area contributed by atoms with Crippen LogP contribution in [0.25, 0.3) is 0 Å². The van der Waals surface area contributed by atoms with Crippen molar-refractivity contribution in [3.8, 4) is 0 Å². The maximum atomic E-state index is 9.52. The van der Waals surface area contributed by atoms with Gasteiger partial charge < -0.3 is 9.68 Å². The fraction of sp³-hybridized carbons (Fsp3) is 0.364. The minimum atomic E-state index is -0.891. The molecule has 1 saturated carbocycles. The lowest BCUT2D eigenvalue weighted by Crippen LogP contribution is -2.33. The van der Waals surface area contributed by atoms with Crippen LogP contribution < -0.4 is 5.46 Å². The SMILES string of the molecule is C=CC1(c2cncc(B(O)OC)c2)CC1. The van der Waals surface area contributed by atoms with Crippen LogP contribution in [-0.2, 0) is 10.1 Å². The average Bonchev–Trinajstić information content (AvgIpc) is 3.09. The van der Waals surface area contributed by atoms with Gasteiger partial charge in [0.05, 0.1) is 0 Å². The van der Waals surface area contributed by atoms with Gasteiger partial charge in [0.1, 0.15) is 0 Å². The molecule has 1 aliphatic carbocycles. The molecule has 0 atom stereocenters. The summed E-state index contributed by atoms with van der Waals surface area (Å²) in [5.74, 6) is 0. The van der Waals surface area contributed by atoms with Crippen LogP contribution in [0.5, 0.6) is 0 Å². The summed E-state index contributed by atoms with van der Waals surface area (Å²) in [6.45, 7) is 3.84. The molecule has 0 unspecified atom stereocenters. The Kier molecular flexibility index (Phi) is 2.63. The Morgan fingerprint density at radius 1 is 1.60 bits per heavy atom. The second kappa shape index (κ2) is 3.79. The van der Waals surface area contributed by atoms with Gasteiger partial charge in [0.15, 0.2) is 0 Å². The maximum Gasteiger partial charge on any atom is 0.492 e. The van der Waals surface area contributed by atoms with Crippen molar-refractivity contribution in [1.82, 2.24) is 4.98 Å². The van der Waals surface area contributed by atoms with Gasteiger partial charge in [-0.25, -0.2) is 0 Å². The Labute approximate surface area is 89.9 Å². The molecule has 1 aromatic rings. The number of hydrogen-bond donors (Lipinski definition) is 1. The molecular formula is C11H14BNO2. The monoisotopic (exact) mass is 203 g/mol. The van der Waals surface area contributed by atoms with Gasteiger partial charge in [-0.05, 0) is 18.4 Å². The number of nitrogens with zero attached hydrogens (tertiary/aromatic N) is 1. The average molecular weight is 203 g/mol. The van der Waals surface area contributed by atoms with Gasteiger partial charge in [-0.15, -0.1) is 6.58 Å². The number of pyridine rings is 1. The molecule has 1 N–H and O–H groups in total. The zero-order valence-corrected chi connectivity index (χ0v) is 8.81. The van der Waals surface area contributed by atoms with Gasteiger partial charge >= 0.3 is 7.12 Å². The van der Waals surface area contributed by atoms with E-state index in [4.69, 9.17) is 4.65 Å². The van der Waals surface area contributed by atoms with Gasteiger partial charge in [0, 0.05) is 30.4 Å². The molecule has 0 radical (unpaired) electrons. The smallest absolute Gasteiger partial charge is 0.423 e. The van der Waals surface area contributed by atoms with E-state index in [1.54, 1.807) is 6.20 Å². The first-order valence-corrected chi connectivity index (χ1v) is 5.02. The molecule has 1 fully saturated rings. The van der Waals surface area contributed by atoms with Crippen molar-refractivity contribution in [3.63, 3.8) is 0 Å². The minimum Gasteiger partial charge on any atom is -0.423 e. The summed E-state index contributed by atoms with van der Waals surface area (Å²) in [6.07, 6.45) is 7.65. The number of rotatable bonds is 4. The van der Waals surface area contributed by atoms with E-state index in [0.717, 1.165) is 18.4 Å². The van der Waals surface area contributed by atoms with Gasteiger partial charge in [-0.3, -0.25) is 4.98 Å². The zero-order valence-electron chi connectivity index (χ0n) is 8.81. The molecule has 0 amide bonds. The Morgan fingerprint density at radius 2 is 2.33 bits per heavy atom. The van der Waals surface area contributed by atoms with Crippen molar-refractivity contribution in [1.29, 1.82) is 0 Å². The maximum absolute atomic E-state index is 9.52. The zero-order chi connectivity index (χ0) is 10.9. The molecular weight excluding hydrogens is 189 g/mol. The molecule has 0 bridgehead atoms. The van der Waals surface area contributed by atoms with Crippen molar-refractivity contribution in [2.45, 2.75) is 18.3 Å². The van der Waals surface area contributed by atoms with Crippen LogP contribution in [0.15, 0.2) is 31.1 Å². The fourth-order valence-corrected chi connectivity index (χ4v) is 1.75. The second-order valence-corrected chi connectivity index (χ2v) is 3.96.